The Kier molecular flexibility index (Phi) is 5.19. The number of rotatable bonds is 4. The van der Waals surface area contributed by atoms with Crippen molar-refractivity contribution >= 4 is 15.7 Å². The SMILES string of the molecule is O=S1(=O)CCCCN1CC1CCN(c2ccc(-c3cn[nH]c3)cc2F)CC1. The highest BCUT2D eigenvalue weighted by Crippen LogP contribution is 2.30. The van der Waals surface area contributed by atoms with E-state index < -0.39 is 10.0 Å². The number of halogens is 1. The molecule has 2 aromatic rings. The molecule has 0 aliphatic carbocycles. The molecule has 1 aromatic carbocycles. The summed E-state index contributed by atoms with van der Waals surface area (Å²) in [5.74, 6) is 0.397. The third-order valence-electron chi connectivity index (χ3n) is 5.65. The average molecular weight is 393 g/mol. The van der Waals surface area contributed by atoms with Crippen molar-refractivity contribution in [1.29, 1.82) is 0 Å². The number of hydrogen-bond acceptors (Lipinski definition) is 4. The average Bonchev–Trinajstić information content (AvgIpc) is 3.19. The highest BCUT2D eigenvalue weighted by Gasteiger charge is 2.30. The van der Waals surface area contributed by atoms with Crippen LogP contribution < -0.4 is 4.90 Å². The molecule has 1 N–H and O–H groups in total. The lowest BCUT2D eigenvalue weighted by Crippen LogP contribution is -2.44. The number of sulfonamides is 1. The summed E-state index contributed by atoms with van der Waals surface area (Å²) in [6.45, 7) is 2.76. The lowest BCUT2D eigenvalue weighted by molar-refractivity contribution is 0.290. The molecule has 0 amide bonds. The van der Waals surface area contributed by atoms with Gasteiger partial charge in [0.25, 0.3) is 0 Å². The van der Waals surface area contributed by atoms with Gasteiger partial charge in [-0.25, -0.2) is 17.1 Å². The van der Waals surface area contributed by atoms with Crippen molar-refractivity contribution in [2.45, 2.75) is 25.7 Å². The van der Waals surface area contributed by atoms with E-state index >= 15 is 0 Å². The van der Waals surface area contributed by atoms with Gasteiger partial charge >= 0.3 is 0 Å². The molecule has 3 heterocycles. The van der Waals surface area contributed by atoms with Crippen molar-refractivity contribution in [1.82, 2.24) is 14.5 Å². The number of H-pyrrole nitrogens is 1. The lowest BCUT2D eigenvalue weighted by Gasteiger charge is -2.36. The molecular formula is C19H25FN4O2S. The van der Waals surface area contributed by atoms with Gasteiger partial charge in [0, 0.05) is 37.9 Å². The zero-order valence-electron chi connectivity index (χ0n) is 15.3. The molecule has 0 atom stereocenters. The van der Waals surface area contributed by atoms with E-state index in [0.717, 1.165) is 49.9 Å². The number of piperidine rings is 1. The summed E-state index contributed by atoms with van der Waals surface area (Å²) in [5.41, 5.74) is 2.28. The van der Waals surface area contributed by atoms with Gasteiger partial charge in [-0.05, 0) is 49.3 Å². The summed E-state index contributed by atoms with van der Waals surface area (Å²) in [6.07, 6.45) is 6.91. The number of hydrogen-bond donors (Lipinski definition) is 1. The van der Waals surface area contributed by atoms with Crippen LogP contribution in [0.2, 0.25) is 0 Å². The molecule has 0 radical (unpaired) electrons. The second kappa shape index (κ2) is 7.59. The van der Waals surface area contributed by atoms with Crippen LogP contribution in [0, 0.1) is 11.7 Å². The summed E-state index contributed by atoms with van der Waals surface area (Å²) in [4.78, 5) is 2.07. The van der Waals surface area contributed by atoms with Crippen LogP contribution in [0.3, 0.4) is 0 Å². The van der Waals surface area contributed by atoms with Crippen LogP contribution in [0.25, 0.3) is 11.1 Å². The fourth-order valence-electron chi connectivity index (χ4n) is 4.04. The van der Waals surface area contributed by atoms with E-state index in [2.05, 4.69) is 15.1 Å². The molecule has 0 spiro atoms. The molecule has 146 valence electrons. The van der Waals surface area contributed by atoms with E-state index in [1.54, 1.807) is 22.8 Å². The van der Waals surface area contributed by atoms with Crippen LogP contribution in [-0.2, 0) is 10.0 Å². The quantitative estimate of drug-likeness (QED) is 0.869. The molecule has 2 aliphatic heterocycles. The van der Waals surface area contributed by atoms with Gasteiger partial charge in [-0.15, -0.1) is 0 Å². The number of aromatic nitrogens is 2. The summed E-state index contributed by atoms with van der Waals surface area (Å²) in [5, 5.41) is 6.64. The number of nitrogens with one attached hydrogen (secondary N) is 1. The minimum absolute atomic E-state index is 0.231. The highest BCUT2D eigenvalue weighted by atomic mass is 32.2. The van der Waals surface area contributed by atoms with Crippen LogP contribution >= 0.6 is 0 Å². The van der Waals surface area contributed by atoms with Crippen molar-refractivity contribution in [3.63, 3.8) is 0 Å². The first-order valence-electron chi connectivity index (χ1n) is 9.54. The molecule has 6 nitrogen and oxygen atoms in total. The number of aromatic amines is 1. The highest BCUT2D eigenvalue weighted by molar-refractivity contribution is 7.89. The normalized spacial score (nSPS) is 21.4. The van der Waals surface area contributed by atoms with Crippen molar-refractivity contribution in [3.8, 4) is 11.1 Å². The first-order chi connectivity index (χ1) is 13.0. The standard InChI is InChI=1S/C19H25FN4O2S/c20-18-11-16(17-12-21-22-13-17)3-4-19(18)23-8-5-15(6-9-23)14-24-7-1-2-10-27(24,25)26/h3-4,11-13,15H,1-2,5-10,14H2,(H,21,22). The fourth-order valence-corrected chi connectivity index (χ4v) is 5.71. The Hall–Kier alpha value is -1.93. The lowest BCUT2D eigenvalue weighted by atomic mass is 9.96. The Balaban J connectivity index is 1.38. The summed E-state index contributed by atoms with van der Waals surface area (Å²) in [6, 6.07) is 5.29. The third kappa shape index (κ3) is 4.01. The molecule has 2 fully saturated rings. The van der Waals surface area contributed by atoms with Crippen molar-refractivity contribution in [2.24, 2.45) is 5.92 Å². The maximum absolute atomic E-state index is 14.6. The Morgan fingerprint density at radius 2 is 1.96 bits per heavy atom. The molecule has 0 bridgehead atoms. The zero-order valence-corrected chi connectivity index (χ0v) is 16.1. The van der Waals surface area contributed by atoms with Crippen molar-refractivity contribution < 1.29 is 12.8 Å². The predicted molar refractivity (Wildman–Crippen MR) is 104 cm³/mol. The topological polar surface area (TPSA) is 69.3 Å². The van der Waals surface area contributed by atoms with Gasteiger partial charge in [-0.2, -0.15) is 5.10 Å². The van der Waals surface area contributed by atoms with E-state index in [0.29, 0.717) is 24.7 Å². The van der Waals surface area contributed by atoms with E-state index in [1.807, 2.05) is 12.1 Å². The number of nitrogens with zero attached hydrogens (tertiary/aromatic N) is 3. The number of benzene rings is 1. The molecule has 2 aliphatic rings. The van der Waals surface area contributed by atoms with Gasteiger partial charge in [0.2, 0.25) is 10.0 Å². The summed E-state index contributed by atoms with van der Waals surface area (Å²) < 4.78 is 40.7. The van der Waals surface area contributed by atoms with E-state index in [-0.39, 0.29) is 11.6 Å². The summed E-state index contributed by atoms with van der Waals surface area (Å²) >= 11 is 0. The molecule has 27 heavy (non-hydrogen) atoms. The molecule has 4 rings (SSSR count). The van der Waals surface area contributed by atoms with Gasteiger partial charge in [-0.3, -0.25) is 5.10 Å². The minimum atomic E-state index is -3.07. The number of anilines is 1. The first-order valence-corrected chi connectivity index (χ1v) is 11.2. The molecule has 0 saturated carbocycles. The maximum Gasteiger partial charge on any atom is 0.214 e. The van der Waals surface area contributed by atoms with Gasteiger partial charge in [-0.1, -0.05) is 6.07 Å². The van der Waals surface area contributed by atoms with Gasteiger partial charge in [0.1, 0.15) is 5.82 Å². The maximum atomic E-state index is 14.6. The van der Waals surface area contributed by atoms with E-state index in [1.165, 1.54) is 0 Å². The Bertz CT molecular complexity index is 877. The van der Waals surface area contributed by atoms with Crippen LogP contribution in [-0.4, -0.2) is 54.9 Å². The van der Waals surface area contributed by atoms with Gasteiger partial charge in [0.05, 0.1) is 17.6 Å². The molecular weight excluding hydrogens is 367 g/mol. The molecule has 8 heteroatoms. The molecule has 1 aromatic heterocycles. The monoisotopic (exact) mass is 392 g/mol. The second-order valence-corrected chi connectivity index (χ2v) is 9.55. The van der Waals surface area contributed by atoms with E-state index in [9.17, 15) is 12.8 Å². The minimum Gasteiger partial charge on any atom is -0.369 e. The Morgan fingerprint density at radius 3 is 2.63 bits per heavy atom. The zero-order chi connectivity index (χ0) is 18.9. The van der Waals surface area contributed by atoms with Gasteiger partial charge in [0.15, 0.2) is 0 Å². The second-order valence-electron chi connectivity index (χ2n) is 7.46. The largest absolute Gasteiger partial charge is 0.369 e. The third-order valence-corrected chi connectivity index (χ3v) is 7.57. The molecule has 0 unspecified atom stereocenters. The molecule has 2 saturated heterocycles. The fraction of sp³-hybridized carbons (Fsp3) is 0.526. The van der Waals surface area contributed by atoms with Crippen LogP contribution in [0.15, 0.2) is 30.6 Å². The summed E-state index contributed by atoms with van der Waals surface area (Å²) in [7, 11) is -3.07. The van der Waals surface area contributed by atoms with Crippen LogP contribution in [0.5, 0.6) is 0 Å². The smallest absolute Gasteiger partial charge is 0.214 e. The Morgan fingerprint density at radius 1 is 1.15 bits per heavy atom. The van der Waals surface area contributed by atoms with Crippen LogP contribution in [0.4, 0.5) is 10.1 Å². The van der Waals surface area contributed by atoms with Crippen LogP contribution in [0.1, 0.15) is 25.7 Å². The van der Waals surface area contributed by atoms with Crippen molar-refractivity contribution in [2.75, 3.05) is 36.8 Å². The first kappa shape index (κ1) is 18.4. The van der Waals surface area contributed by atoms with E-state index in [4.69, 9.17) is 0 Å². The predicted octanol–water partition coefficient (Wildman–Crippen LogP) is 2.86. The van der Waals surface area contributed by atoms with Crippen molar-refractivity contribution in [3.05, 3.63) is 36.4 Å². The Labute approximate surface area is 159 Å². The van der Waals surface area contributed by atoms with Gasteiger partial charge < -0.3 is 4.90 Å².